The molecule has 0 radical (unpaired) electrons. The molecule has 0 aliphatic heterocycles. The zero-order valence-corrected chi connectivity index (χ0v) is 15.4. The second-order valence-electron chi connectivity index (χ2n) is 6.82. The summed E-state index contributed by atoms with van der Waals surface area (Å²) in [6.07, 6.45) is 8.28. The molecule has 25 heavy (non-hydrogen) atoms. The fourth-order valence-electron chi connectivity index (χ4n) is 3.59. The van der Waals surface area contributed by atoms with Crippen molar-refractivity contribution < 1.29 is 8.42 Å². The molecule has 0 saturated heterocycles. The number of sulfonamides is 1. The van der Waals surface area contributed by atoms with Crippen molar-refractivity contribution in [2.45, 2.75) is 29.1 Å². The molecule has 2 aromatic rings. The van der Waals surface area contributed by atoms with Gasteiger partial charge >= 0.3 is 0 Å². The zero-order chi connectivity index (χ0) is 17.7. The Balaban J connectivity index is 1.77. The fourth-order valence-corrected chi connectivity index (χ4v) is 4.25. The second-order valence-corrected chi connectivity index (χ2v) is 8.90. The monoisotopic (exact) mass is 369 g/mol. The van der Waals surface area contributed by atoms with E-state index in [4.69, 9.17) is 5.14 Å². The van der Waals surface area contributed by atoms with Crippen LogP contribution in [0.15, 0.2) is 70.5 Å². The van der Waals surface area contributed by atoms with Gasteiger partial charge in [0.1, 0.15) is 0 Å². The van der Waals surface area contributed by atoms with Crippen LogP contribution in [0.25, 0.3) is 11.1 Å². The van der Waals surface area contributed by atoms with Gasteiger partial charge in [0.2, 0.25) is 10.0 Å². The van der Waals surface area contributed by atoms with Gasteiger partial charge in [0.15, 0.2) is 0 Å². The van der Waals surface area contributed by atoms with Gasteiger partial charge in [-0.3, -0.25) is 0 Å². The lowest BCUT2D eigenvalue weighted by atomic mass is 9.70. The van der Waals surface area contributed by atoms with Crippen LogP contribution in [-0.4, -0.2) is 8.42 Å². The van der Waals surface area contributed by atoms with Gasteiger partial charge in [-0.2, -0.15) is 0 Å². The maximum atomic E-state index is 11.5. The summed E-state index contributed by atoms with van der Waals surface area (Å²) < 4.78 is 23.0. The van der Waals surface area contributed by atoms with Crippen molar-refractivity contribution in [2.75, 3.05) is 0 Å². The maximum Gasteiger partial charge on any atom is 0.238 e. The first-order valence-corrected chi connectivity index (χ1v) is 10.2. The van der Waals surface area contributed by atoms with E-state index < -0.39 is 10.0 Å². The number of benzene rings is 2. The average Bonchev–Trinajstić information content (AvgIpc) is 2.96. The minimum atomic E-state index is -3.67. The largest absolute Gasteiger partial charge is 0.238 e. The van der Waals surface area contributed by atoms with Gasteiger partial charge in [-0.1, -0.05) is 42.8 Å². The molecule has 1 spiro atoms. The predicted molar refractivity (Wildman–Crippen MR) is 104 cm³/mol. The molecule has 0 unspecified atom stereocenters. The number of hydrogen-bond donors (Lipinski definition) is 2. The normalized spacial score (nSPS) is 18.6. The summed E-state index contributed by atoms with van der Waals surface area (Å²) in [5.74, 6) is 0. The van der Waals surface area contributed by atoms with E-state index in [9.17, 15) is 8.42 Å². The van der Waals surface area contributed by atoms with Crippen LogP contribution in [0, 0.1) is 5.41 Å². The molecule has 2 N–H and O–H groups in total. The van der Waals surface area contributed by atoms with Crippen LogP contribution in [-0.2, 0) is 10.0 Å². The smallest absolute Gasteiger partial charge is 0.225 e. The third kappa shape index (κ3) is 3.08. The summed E-state index contributed by atoms with van der Waals surface area (Å²) in [4.78, 5) is 1.07. The van der Waals surface area contributed by atoms with E-state index in [1.165, 1.54) is 24.8 Å². The predicted octanol–water partition coefficient (Wildman–Crippen LogP) is 4.27. The van der Waals surface area contributed by atoms with Crippen molar-refractivity contribution in [1.82, 2.24) is 0 Å². The van der Waals surface area contributed by atoms with Crippen molar-refractivity contribution >= 4 is 33.8 Å². The summed E-state index contributed by atoms with van der Waals surface area (Å²) in [5, 5.41) is 5.21. The highest BCUT2D eigenvalue weighted by atomic mass is 32.2. The third-order valence-corrected chi connectivity index (χ3v) is 6.34. The Bertz CT molecular complexity index is 981. The number of rotatable bonds is 3. The molecule has 4 rings (SSSR count). The molecule has 1 fully saturated rings. The summed E-state index contributed by atoms with van der Waals surface area (Å²) in [6, 6.07) is 15.0. The molecule has 0 atom stereocenters. The molecule has 1 saturated carbocycles. The third-order valence-electron chi connectivity index (χ3n) is 5.11. The van der Waals surface area contributed by atoms with Crippen molar-refractivity contribution in [1.29, 1.82) is 0 Å². The van der Waals surface area contributed by atoms with E-state index >= 15 is 0 Å². The van der Waals surface area contributed by atoms with Crippen LogP contribution < -0.4 is 5.14 Å². The zero-order valence-electron chi connectivity index (χ0n) is 13.6. The second kappa shape index (κ2) is 5.87. The Hall–Kier alpha value is -1.82. The molecule has 0 aromatic heterocycles. The number of primary sulfonamides is 1. The van der Waals surface area contributed by atoms with Gasteiger partial charge in [-0.05, 0) is 59.4 Å². The van der Waals surface area contributed by atoms with Crippen molar-refractivity contribution in [3.63, 3.8) is 0 Å². The Morgan fingerprint density at radius 3 is 1.72 bits per heavy atom. The van der Waals surface area contributed by atoms with Crippen LogP contribution in [0.1, 0.15) is 30.4 Å². The highest BCUT2D eigenvalue weighted by Crippen LogP contribution is 2.53. The molecular weight excluding hydrogens is 350 g/mol. The first kappa shape index (κ1) is 16.6. The van der Waals surface area contributed by atoms with E-state index in [0.29, 0.717) is 0 Å². The standard InChI is InChI=1S/C20H19NO2S2/c21-25(22,23)17-8-4-15(5-9-17)19-13-20(10-1-11-20)12-18(19)14-2-6-16(24)7-3-14/h2-9,12-13,24H,1,10-11H2,(H2,21,22,23). The van der Waals surface area contributed by atoms with E-state index in [-0.39, 0.29) is 10.3 Å². The van der Waals surface area contributed by atoms with Crippen LogP contribution >= 0.6 is 12.6 Å². The first-order chi connectivity index (χ1) is 11.9. The Labute approximate surface area is 153 Å². The Morgan fingerprint density at radius 1 is 0.840 bits per heavy atom. The summed E-state index contributed by atoms with van der Waals surface area (Å²) in [5.41, 5.74) is 4.69. The molecule has 2 aliphatic rings. The summed E-state index contributed by atoms with van der Waals surface area (Å²) in [6.45, 7) is 0. The quantitative estimate of drug-likeness (QED) is 0.794. The SMILES string of the molecule is NS(=O)(=O)c1ccc(C2=CC3(C=C2c2ccc(S)cc2)CCC3)cc1. The first-order valence-electron chi connectivity index (χ1n) is 8.25. The van der Waals surface area contributed by atoms with Crippen LogP contribution in [0.2, 0.25) is 0 Å². The van der Waals surface area contributed by atoms with Gasteiger partial charge in [0.05, 0.1) is 4.90 Å². The highest BCUT2D eigenvalue weighted by Gasteiger charge is 2.38. The summed E-state index contributed by atoms with van der Waals surface area (Å²) in [7, 11) is -3.67. The van der Waals surface area contributed by atoms with Crippen molar-refractivity contribution in [3.05, 3.63) is 71.8 Å². The van der Waals surface area contributed by atoms with Crippen LogP contribution in [0.4, 0.5) is 0 Å². The van der Waals surface area contributed by atoms with Gasteiger partial charge in [-0.25, -0.2) is 13.6 Å². The molecule has 128 valence electrons. The minimum Gasteiger partial charge on any atom is -0.225 e. The van der Waals surface area contributed by atoms with Gasteiger partial charge in [-0.15, -0.1) is 12.6 Å². The number of hydrogen-bond acceptors (Lipinski definition) is 3. The van der Waals surface area contributed by atoms with Crippen molar-refractivity contribution in [3.8, 4) is 0 Å². The molecule has 5 heteroatoms. The molecule has 2 aliphatic carbocycles. The topological polar surface area (TPSA) is 60.2 Å². The summed E-state index contributed by atoms with van der Waals surface area (Å²) >= 11 is 4.37. The van der Waals surface area contributed by atoms with E-state index in [1.54, 1.807) is 12.1 Å². The lowest BCUT2D eigenvalue weighted by Crippen LogP contribution is -2.22. The van der Waals surface area contributed by atoms with E-state index in [1.807, 2.05) is 24.3 Å². The van der Waals surface area contributed by atoms with E-state index in [0.717, 1.165) is 21.6 Å². The van der Waals surface area contributed by atoms with Gasteiger partial charge in [0.25, 0.3) is 0 Å². The molecule has 3 nitrogen and oxygen atoms in total. The molecular formula is C20H19NO2S2. The van der Waals surface area contributed by atoms with Gasteiger partial charge in [0, 0.05) is 10.3 Å². The van der Waals surface area contributed by atoms with Crippen LogP contribution in [0.5, 0.6) is 0 Å². The van der Waals surface area contributed by atoms with Gasteiger partial charge < -0.3 is 0 Å². The fraction of sp³-hybridized carbons (Fsp3) is 0.200. The minimum absolute atomic E-state index is 0.137. The number of nitrogens with two attached hydrogens (primary N) is 1. The Kier molecular flexibility index (Phi) is 3.90. The van der Waals surface area contributed by atoms with Crippen LogP contribution in [0.3, 0.4) is 0 Å². The van der Waals surface area contributed by atoms with E-state index in [2.05, 4.69) is 36.9 Å². The highest BCUT2D eigenvalue weighted by molar-refractivity contribution is 7.89. The Morgan fingerprint density at radius 2 is 1.32 bits per heavy atom. The number of thiol groups is 1. The van der Waals surface area contributed by atoms with Crippen molar-refractivity contribution in [2.24, 2.45) is 10.6 Å². The lowest BCUT2D eigenvalue weighted by molar-refractivity contribution is 0.282. The average molecular weight is 370 g/mol. The number of allylic oxidation sites excluding steroid dienone is 4. The molecule has 0 amide bonds. The molecule has 0 bridgehead atoms. The maximum absolute atomic E-state index is 11.5. The molecule has 0 heterocycles. The lowest BCUT2D eigenvalue weighted by Gasteiger charge is -2.34. The molecule has 2 aromatic carbocycles.